The smallest absolute Gasteiger partial charge is 0.334 e. The summed E-state index contributed by atoms with van der Waals surface area (Å²) in [6.07, 6.45) is 2.55. The minimum Gasteiger partial charge on any atom is -0.351 e. The second-order valence-electron chi connectivity index (χ2n) is 5.02. The SMILES string of the molecule is CCc1nn(C)c(N2CCC(CN)CC2)c1[N+](=O)[O-]. The van der Waals surface area contributed by atoms with Crippen molar-refractivity contribution in [2.45, 2.75) is 26.2 Å². The summed E-state index contributed by atoms with van der Waals surface area (Å²) in [6.45, 7) is 4.21. The number of piperidine rings is 1. The minimum absolute atomic E-state index is 0.163. The van der Waals surface area contributed by atoms with Crippen LogP contribution in [0, 0.1) is 16.0 Å². The summed E-state index contributed by atoms with van der Waals surface area (Å²) >= 11 is 0. The molecule has 1 aliphatic rings. The molecule has 0 saturated carbocycles. The number of hydrogen-bond acceptors (Lipinski definition) is 5. The fourth-order valence-electron chi connectivity index (χ4n) is 2.72. The van der Waals surface area contributed by atoms with Gasteiger partial charge in [-0.05, 0) is 31.7 Å². The average Bonchev–Trinajstić information content (AvgIpc) is 2.76. The Bertz CT molecular complexity index is 463. The maximum Gasteiger partial charge on any atom is 0.334 e. The van der Waals surface area contributed by atoms with E-state index in [4.69, 9.17) is 5.73 Å². The highest BCUT2D eigenvalue weighted by atomic mass is 16.6. The maximum absolute atomic E-state index is 11.3. The van der Waals surface area contributed by atoms with E-state index in [0.717, 1.165) is 25.9 Å². The van der Waals surface area contributed by atoms with Crippen LogP contribution >= 0.6 is 0 Å². The van der Waals surface area contributed by atoms with Crippen molar-refractivity contribution in [1.82, 2.24) is 9.78 Å². The first-order valence-electron chi connectivity index (χ1n) is 6.73. The van der Waals surface area contributed by atoms with Gasteiger partial charge in [-0.3, -0.25) is 10.1 Å². The number of rotatable bonds is 4. The maximum atomic E-state index is 11.3. The number of hydrogen-bond donors (Lipinski definition) is 1. The fraction of sp³-hybridized carbons (Fsp3) is 0.750. The van der Waals surface area contributed by atoms with Crippen LogP contribution in [0.2, 0.25) is 0 Å². The molecule has 1 aliphatic heterocycles. The van der Waals surface area contributed by atoms with Gasteiger partial charge in [0, 0.05) is 20.1 Å². The van der Waals surface area contributed by atoms with Crippen molar-refractivity contribution in [3.8, 4) is 0 Å². The zero-order valence-electron chi connectivity index (χ0n) is 11.5. The van der Waals surface area contributed by atoms with E-state index in [1.54, 1.807) is 11.7 Å². The van der Waals surface area contributed by atoms with Crippen molar-refractivity contribution in [2.24, 2.45) is 18.7 Å². The Balaban J connectivity index is 2.29. The molecule has 7 heteroatoms. The van der Waals surface area contributed by atoms with Gasteiger partial charge >= 0.3 is 5.69 Å². The van der Waals surface area contributed by atoms with Crippen LogP contribution in [0.3, 0.4) is 0 Å². The molecular weight excluding hydrogens is 246 g/mol. The molecule has 2 N–H and O–H groups in total. The average molecular weight is 267 g/mol. The van der Waals surface area contributed by atoms with Gasteiger partial charge in [-0.25, -0.2) is 4.68 Å². The highest BCUT2D eigenvalue weighted by Crippen LogP contribution is 2.33. The van der Waals surface area contributed by atoms with Crippen molar-refractivity contribution in [3.05, 3.63) is 15.8 Å². The van der Waals surface area contributed by atoms with E-state index < -0.39 is 0 Å². The minimum atomic E-state index is -0.309. The predicted octanol–water partition coefficient (Wildman–Crippen LogP) is 1.07. The van der Waals surface area contributed by atoms with Gasteiger partial charge in [-0.1, -0.05) is 6.92 Å². The van der Waals surface area contributed by atoms with Gasteiger partial charge in [-0.2, -0.15) is 5.10 Å². The van der Waals surface area contributed by atoms with Gasteiger partial charge < -0.3 is 10.6 Å². The molecule has 1 aromatic heterocycles. The lowest BCUT2D eigenvalue weighted by Gasteiger charge is -2.32. The van der Waals surface area contributed by atoms with Crippen molar-refractivity contribution in [3.63, 3.8) is 0 Å². The van der Waals surface area contributed by atoms with Gasteiger partial charge in [0.05, 0.1) is 4.92 Å². The molecule has 0 bridgehead atoms. The standard InChI is InChI=1S/C12H21N5O2/c1-3-10-11(17(18)19)12(15(2)14-10)16-6-4-9(8-13)5-7-16/h9H,3-8,13H2,1-2H3. The lowest BCUT2D eigenvalue weighted by molar-refractivity contribution is -0.384. The summed E-state index contributed by atoms with van der Waals surface area (Å²) in [5.74, 6) is 1.17. The number of nitrogens with zero attached hydrogens (tertiary/aromatic N) is 4. The molecule has 2 heterocycles. The highest BCUT2D eigenvalue weighted by molar-refractivity contribution is 5.61. The summed E-state index contributed by atoms with van der Waals surface area (Å²) in [6, 6.07) is 0. The van der Waals surface area contributed by atoms with Crippen LogP contribution in [-0.4, -0.2) is 34.3 Å². The molecular formula is C12H21N5O2. The van der Waals surface area contributed by atoms with Crippen LogP contribution in [0.4, 0.5) is 11.5 Å². The molecule has 1 saturated heterocycles. The molecule has 0 unspecified atom stereocenters. The first-order chi connectivity index (χ1) is 9.08. The first kappa shape index (κ1) is 13.8. The van der Waals surface area contributed by atoms with Gasteiger partial charge in [0.15, 0.2) is 0 Å². The van der Waals surface area contributed by atoms with Crippen LogP contribution in [0.5, 0.6) is 0 Å². The number of anilines is 1. The molecule has 19 heavy (non-hydrogen) atoms. The van der Waals surface area contributed by atoms with E-state index >= 15 is 0 Å². The largest absolute Gasteiger partial charge is 0.351 e. The van der Waals surface area contributed by atoms with Gasteiger partial charge in [0.2, 0.25) is 5.82 Å². The Hall–Kier alpha value is -1.63. The van der Waals surface area contributed by atoms with E-state index in [1.165, 1.54) is 0 Å². The van der Waals surface area contributed by atoms with E-state index in [2.05, 4.69) is 10.00 Å². The fourth-order valence-corrected chi connectivity index (χ4v) is 2.72. The first-order valence-corrected chi connectivity index (χ1v) is 6.73. The van der Waals surface area contributed by atoms with Gasteiger partial charge in [-0.15, -0.1) is 0 Å². The normalized spacial score (nSPS) is 16.9. The molecule has 1 fully saturated rings. The Labute approximate surface area is 112 Å². The monoisotopic (exact) mass is 267 g/mol. The molecule has 0 aliphatic carbocycles. The van der Waals surface area contributed by atoms with Crippen LogP contribution in [0.15, 0.2) is 0 Å². The van der Waals surface area contributed by atoms with Gasteiger partial charge in [0.25, 0.3) is 0 Å². The topological polar surface area (TPSA) is 90.2 Å². The van der Waals surface area contributed by atoms with Crippen LogP contribution in [0.25, 0.3) is 0 Å². The summed E-state index contributed by atoms with van der Waals surface area (Å²) in [7, 11) is 1.77. The number of nitrogens with two attached hydrogens (primary N) is 1. The molecule has 1 aromatic rings. The van der Waals surface area contributed by atoms with Crippen LogP contribution < -0.4 is 10.6 Å². The van der Waals surface area contributed by atoms with E-state index in [1.807, 2.05) is 6.92 Å². The molecule has 0 radical (unpaired) electrons. The highest BCUT2D eigenvalue weighted by Gasteiger charge is 2.31. The quantitative estimate of drug-likeness (QED) is 0.651. The van der Waals surface area contributed by atoms with Crippen LogP contribution in [-0.2, 0) is 13.5 Å². The number of aromatic nitrogens is 2. The Morgan fingerprint density at radius 1 is 1.47 bits per heavy atom. The second-order valence-corrected chi connectivity index (χ2v) is 5.02. The third kappa shape index (κ3) is 2.56. The molecule has 106 valence electrons. The summed E-state index contributed by atoms with van der Waals surface area (Å²) in [5.41, 5.74) is 6.40. The lowest BCUT2D eigenvalue weighted by Crippen LogP contribution is -2.37. The molecule has 7 nitrogen and oxygen atoms in total. The molecule has 0 atom stereocenters. The second kappa shape index (κ2) is 5.56. The van der Waals surface area contributed by atoms with E-state index in [-0.39, 0.29) is 10.6 Å². The number of nitro groups is 1. The molecule has 0 spiro atoms. The van der Waals surface area contributed by atoms with Crippen molar-refractivity contribution in [1.29, 1.82) is 0 Å². The van der Waals surface area contributed by atoms with Crippen molar-refractivity contribution >= 4 is 11.5 Å². The third-order valence-electron chi connectivity index (χ3n) is 3.83. The van der Waals surface area contributed by atoms with Gasteiger partial charge in [0.1, 0.15) is 5.69 Å². The zero-order valence-corrected chi connectivity index (χ0v) is 11.5. The summed E-state index contributed by atoms with van der Waals surface area (Å²) in [4.78, 5) is 13.0. The Kier molecular flexibility index (Phi) is 4.04. The predicted molar refractivity (Wildman–Crippen MR) is 73.2 cm³/mol. The summed E-state index contributed by atoms with van der Waals surface area (Å²) in [5, 5.41) is 15.6. The lowest BCUT2D eigenvalue weighted by atomic mass is 9.97. The Morgan fingerprint density at radius 3 is 2.58 bits per heavy atom. The Morgan fingerprint density at radius 2 is 2.11 bits per heavy atom. The zero-order chi connectivity index (χ0) is 14.0. The van der Waals surface area contributed by atoms with E-state index in [0.29, 0.717) is 30.4 Å². The van der Waals surface area contributed by atoms with E-state index in [9.17, 15) is 10.1 Å². The van der Waals surface area contributed by atoms with Crippen molar-refractivity contribution in [2.75, 3.05) is 24.5 Å². The van der Waals surface area contributed by atoms with Crippen LogP contribution in [0.1, 0.15) is 25.5 Å². The number of aryl methyl sites for hydroxylation is 2. The summed E-state index contributed by atoms with van der Waals surface area (Å²) < 4.78 is 1.64. The molecule has 0 amide bonds. The molecule has 0 aromatic carbocycles. The van der Waals surface area contributed by atoms with Crippen molar-refractivity contribution < 1.29 is 4.92 Å². The molecule has 2 rings (SSSR count). The third-order valence-corrected chi connectivity index (χ3v) is 3.83.